The zero-order valence-corrected chi connectivity index (χ0v) is 15.9. The highest BCUT2D eigenvalue weighted by atomic mass is 16.3. The molecule has 0 unspecified atom stereocenters. The number of nitrogens with zero attached hydrogens (tertiary/aromatic N) is 3. The van der Waals surface area contributed by atoms with Crippen molar-refractivity contribution in [1.29, 1.82) is 0 Å². The monoisotopic (exact) mass is 393 g/mol. The highest BCUT2D eigenvalue weighted by Gasteiger charge is 2.14. The Morgan fingerprint density at radius 1 is 1.29 bits per heavy atom. The van der Waals surface area contributed by atoms with Crippen LogP contribution >= 0.6 is 0 Å². The van der Waals surface area contributed by atoms with Crippen LogP contribution in [0.25, 0.3) is 11.0 Å². The van der Waals surface area contributed by atoms with Gasteiger partial charge in [-0.1, -0.05) is 6.07 Å². The molecule has 0 radical (unpaired) electrons. The van der Waals surface area contributed by atoms with Gasteiger partial charge in [-0.3, -0.25) is 9.59 Å². The molecule has 0 bridgehead atoms. The summed E-state index contributed by atoms with van der Waals surface area (Å²) in [5, 5.41) is 16.7. The summed E-state index contributed by atoms with van der Waals surface area (Å²) in [6.07, 6.45) is 4.25. The Morgan fingerprint density at radius 2 is 1.93 bits per heavy atom. The highest BCUT2D eigenvalue weighted by Crippen LogP contribution is 2.11. The van der Waals surface area contributed by atoms with Gasteiger partial charge in [0.25, 0.3) is 12.9 Å². The first kappa shape index (κ1) is 22.9. The fraction of sp³-hybridized carbons (Fsp3) is 0.444. The molecule has 4 N–H and O–H groups in total. The summed E-state index contributed by atoms with van der Waals surface area (Å²) in [6, 6.07) is 5.95. The van der Waals surface area contributed by atoms with E-state index in [4.69, 9.17) is 19.8 Å². The predicted molar refractivity (Wildman–Crippen MR) is 104 cm³/mol. The number of fused-ring (bicyclic) bond motifs is 1. The van der Waals surface area contributed by atoms with Gasteiger partial charge in [-0.15, -0.1) is 0 Å². The van der Waals surface area contributed by atoms with Crippen LogP contribution in [0.2, 0.25) is 0 Å². The second kappa shape index (κ2) is 13.1. The highest BCUT2D eigenvalue weighted by molar-refractivity contribution is 5.76. The summed E-state index contributed by atoms with van der Waals surface area (Å²) in [5.41, 5.74) is 3.00. The van der Waals surface area contributed by atoms with E-state index in [-0.39, 0.29) is 19.0 Å². The minimum atomic E-state index is -0.250. The van der Waals surface area contributed by atoms with Crippen LogP contribution in [0.15, 0.2) is 24.5 Å². The van der Waals surface area contributed by atoms with Crippen LogP contribution in [0, 0.1) is 0 Å². The summed E-state index contributed by atoms with van der Waals surface area (Å²) >= 11 is 0. The van der Waals surface area contributed by atoms with E-state index in [1.165, 1.54) is 25.9 Å². The van der Waals surface area contributed by atoms with Crippen molar-refractivity contribution < 1.29 is 24.6 Å². The molecule has 1 aromatic carbocycles. The van der Waals surface area contributed by atoms with E-state index in [0.717, 1.165) is 29.7 Å². The molecule has 0 aliphatic carbocycles. The Labute approximate surface area is 163 Å². The number of likely N-dealkylation sites (N-methyl/N-ethyl adjacent to an activating group) is 1. The molecule has 0 saturated carbocycles. The number of imidazole rings is 1. The number of carboxylic acid groups (broad SMARTS) is 2. The van der Waals surface area contributed by atoms with Crippen molar-refractivity contribution in [3.63, 3.8) is 0 Å². The van der Waals surface area contributed by atoms with E-state index in [9.17, 15) is 4.79 Å². The van der Waals surface area contributed by atoms with E-state index < -0.39 is 0 Å². The van der Waals surface area contributed by atoms with Crippen LogP contribution in [0.5, 0.6) is 0 Å². The van der Waals surface area contributed by atoms with Crippen LogP contribution in [0.1, 0.15) is 18.4 Å². The number of amides is 2. The van der Waals surface area contributed by atoms with Gasteiger partial charge < -0.3 is 30.3 Å². The van der Waals surface area contributed by atoms with E-state index in [1.54, 1.807) is 11.2 Å². The summed E-state index contributed by atoms with van der Waals surface area (Å²) in [7, 11) is 1.85. The number of carbonyl (C=O) groups excluding carboxylic acids is 1. The van der Waals surface area contributed by atoms with E-state index in [2.05, 4.69) is 20.2 Å². The second-order valence-electron chi connectivity index (χ2n) is 6.09. The average molecular weight is 393 g/mol. The van der Waals surface area contributed by atoms with Crippen LogP contribution in [-0.4, -0.2) is 82.2 Å². The number of carbonyl (C=O) groups is 3. The lowest BCUT2D eigenvalue weighted by Gasteiger charge is -2.21. The van der Waals surface area contributed by atoms with Crippen molar-refractivity contribution in [3.05, 3.63) is 30.1 Å². The molecule has 28 heavy (non-hydrogen) atoms. The van der Waals surface area contributed by atoms with Gasteiger partial charge in [0.2, 0.25) is 0 Å². The molecular formula is C18H27N5O5. The molecule has 0 atom stereocenters. The van der Waals surface area contributed by atoms with Crippen molar-refractivity contribution in [1.82, 2.24) is 25.1 Å². The van der Waals surface area contributed by atoms with Gasteiger partial charge in [0.15, 0.2) is 0 Å². The number of likely N-dealkylation sites (tertiary alicyclic amines) is 1. The Bertz CT molecular complexity index is 724. The summed E-state index contributed by atoms with van der Waals surface area (Å²) in [6.45, 7) is 4.09. The zero-order valence-electron chi connectivity index (χ0n) is 15.9. The maximum absolute atomic E-state index is 12.1. The third kappa shape index (κ3) is 8.04. The molecule has 3 rings (SSSR count). The first-order chi connectivity index (χ1) is 13.5. The van der Waals surface area contributed by atoms with Crippen molar-refractivity contribution in [2.75, 3.05) is 33.2 Å². The molecule has 0 spiro atoms. The molecular weight excluding hydrogens is 366 g/mol. The lowest BCUT2D eigenvalue weighted by Crippen LogP contribution is -2.41. The van der Waals surface area contributed by atoms with Crippen molar-refractivity contribution >= 4 is 30.0 Å². The quantitative estimate of drug-likeness (QED) is 0.560. The second-order valence-corrected chi connectivity index (χ2v) is 6.09. The van der Waals surface area contributed by atoms with Crippen molar-refractivity contribution in [2.24, 2.45) is 0 Å². The number of hydrogen-bond donors (Lipinski definition) is 4. The molecule has 1 aliphatic rings. The van der Waals surface area contributed by atoms with E-state index in [1.807, 2.05) is 25.2 Å². The zero-order chi connectivity index (χ0) is 20.8. The Balaban J connectivity index is 0.000000582. The predicted octanol–water partition coefficient (Wildman–Crippen LogP) is 1.20. The van der Waals surface area contributed by atoms with Crippen LogP contribution in [0.4, 0.5) is 4.79 Å². The number of hydrogen-bond acceptors (Lipinski definition) is 5. The minimum absolute atomic E-state index is 0.0242. The largest absolute Gasteiger partial charge is 0.483 e. The molecule has 2 heterocycles. The minimum Gasteiger partial charge on any atom is -0.483 e. The lowest BCUT2D eigenvalue weighted by atomic mass is 10.2. The molecule has 1 aliphatic heterocycles. The molecule has 154 valence electrons. The van der Waals surface area contributed by atoms with E-state index >= 15 is 0 Å². The normalized spacial score (nSPS) is 12.9. The van der Waals surface area contributed by atoms with Gasteiger partial charge in [0.05, 0.1) is 17.4 Å². The van der Waals surface area contributed by atoms with Gasteiger partial charge in [0, 0.05) is 26.7 Å². The average Bonchev–Trinajstić information content (AvgIpc) is 3.36. The van der Waals surface area contributed by atoms with Crippen LogP contribution < -0.4 is 5.32 Å². The number of H-pyrrole nitrogens is 1. The smallest absolute Gasteiger partial charge is 0.317 e. The standard InChI is InChI=1S/C16H23N5O.2CH2O2/c1-20(8-9-21-6-2-3-7-21)16(22)17-11-13-4-5-14-15(10-13)19-12-18-14;2*2-1-3/h4-5,10,12H,2-3,6-9,11H2,1H3,(H,17,22)(H,18,19);2*1H,(H,2,3). The summed E-state index contributed by atoms with van der Waals surface area (Å²) in [5.74, 6) is 0. The van der Waals surface area contributed by atoms with Crippen LogP contribution in [-0.2, 0) is 16.1 Å². The topological polar surface area (TPSA) is 139 Å². The first-order valence-corrected chi connectivity index (χ1v) is 8.84. The SMILES string of the molecule is CN(CCN1CCCC1)C(=O)NCc1ccc2nc[nH]c2c1.O=CO.O=CO. The first-order valence-electron chi connectivity index (χ1n) is 8.84. The number of urea groups is 1. The summed E-state index contributed by atoms with van der Waals surface area (Å²) in [4.78, 5) is 40.3. The fourth-order valence-corrected chi connectivity index (χ4v) is 2.80. The number of benzene rings is 1. The van der Waals surface area contributed by atoms with Gasteiger partial charge in [0.1, 0.15) is 0 Å². The number of nitrogens with one attached hydrogen (secondary N) is 2. The van der Waals surface area contributed by atoms with Crippen molar-refractivity contribution in [2.45, 2.75) is 19.4 Å². The van der Waals surface area contributed by atoms with Crippen molar-refractivity contribution in [3.8, 4) is 0 Å². The molecule has 1 fully saturated rings. The molecule has 1 saturated heterocycles. The van der Waals surface area contributed by atoms with Crippen LogP contribution in [0.3, 0.4) is 0 Å². The van der Waals surface area contributed by atoms with Gasteiger partial charge in [-0.25, -0.2) is 9.78 Å². The third-order valence-corrected chi connectivity index (χ3v) is 4.23. The van der Waals surface area contributed by atoms with Gasteiger partial charge >= 0.3 is 6.03 Å². The molecule has 2 amide bonds. The number of rotatable bonds is 5. The molecule has 10 heteroatoms. The fourth-order valence-electron chi connectivity index (χ4n) is 2.80. The number of aromatic amines is 1. The number of aromatic nitrogens is 2. The van der Waals surface area contributed by atoms with Gasteiger partial charge in [-0.05, 0) is 43.6 Å². The Kier molecular flexibility index (Phi) is 10.7. The Morgan fingerprint density at radius 3 is 2.57 bits per heavy atom. The van der Waals surface area contributed by atoms with E-state index in [0.29, 0.717) is 6.54 Å². The van der Waals surface area contributed by atoms with Gasteiger partial charge in [-0.2, -0.15) is 0 Å². The molecule has 1 aromatic heterocycles. The lowest BCUT2D eigenvalue weighted by molar-refractivity contribution is -0.123. The Hall–Kier alpha value is -3.14. The summed E-state index contributed by atoms with van der Waals surface area (Å²) < 4.78 is 0. The molecule has 2 aromatic rings. The maximum atomic E-state index is 12.1. The molecule has 10 nitrogen and oxygen atoms in total. The third-order valence-electron chi connectivity index (χ3n) is 4.23. The maximum Gasteiger partial charge on any atom is 0.317 e.